The Morgan fingerprint density at radius 3 is 2.83 bits per heavy atom. The van der Waals surface area contributed by atoms with Crippen molar-refractivity contribution in [2.75, 3.05) is 18.4 Å². The van der Waals surface area contributed by atoms with Crippen LogP contribution in [0.3, 0.4) is 0 Å². The molecule has 1 aliphatic heterocycles. The van der Waals surface area contributed by atoms with Gasteiger partial charge in [0.25, 0.3) is 5.91 Å². The van der Waals surface area contributed by atoms with Crippen molar-refractivity contribution in [2.45, 2.75) is 12.8 Å². The van der Waals surface area contributed by atoms with Gasteiger partial charge in [0.15, 0.2) is 12.1 Å². The lowest BCUT2D eigenvalue weighted by Gasteiger charge is -2.31. The number of benzene rings is 1. The van der Waals surface area contributed by atoms with Crippen LogP contribution in [0.25, 0.3) is 0 Å². The fraction of sp³-hybridized carbons (Fsp3) is 0.238. The van der Waals surface area contributed by atoms with Gasteiger partial charge in [0, 0.05) is 19.3 Å². The van der Waals surface area contributed by atoms with Crippen molar-refractivity contribution >= 4 is 17.5 Å². The van der Waals surface area contributed by atoms with Crippen molar-refractivity contribution in [2.24, 2.45) is 5.92 Å². The number of ether oxygens (including phenoxy) is 1. The van der Waals surface area contributed by atoms with E-state index in [0.29, 0.717) is 36.7 Å². The van der Waals surface area contributed by atoms with Gasteiger partial charge >= 0.3 is 0 Å². The van der Waals surface area contributed by atoms with Gasteiger partial charge in [0.1, 0.15) is 5.75 Å². The van der Waals surface area contributed by atoms with Gasteiger partial charge in [0.2, 0.25) is 11.7 Å². The average molecular weight is 392 g/mol. The molecule has 148 valence electrons. The molecule has 4 rings (SSSR count). The van der Waals surface area contributed by atoms with Gasteiger partial charge in [-0.15, -0.1) is 0 Å². The van der Waals surface area contributed by atoms with Crippen LogP contribution in [0.2, 0.25) is 0 Å². The van der Waals surface area contributed by atoms with Gasteiger partial charge in [-0.1, -0.05) is 12.1 Å². The first-order chi connectivity index (χ1) is 14.2. The zero-order valence-corrected chi connectivity index (χ0v) is 15.7. The van der Waals surface area contributed by atoms with E-state index < -0.39 is 0 Å². The molecular weight excluding hydrogens is 372 g/mol. The van der Waals surface area contributed by atoms with Crippen molar-refractivity contribution in [1.82, 2.24) is 14.9 Å². The van der Waals surface area contributed by atoms with Gasteiger partial charge in [-0.3, -0.25) is 14.6 Å². The number of anilines is 1. The van der Waals surface area contributed by atoms with Crippen LogP contribution in [0.5, 0.6) is 11.5 Å². The molecule has 1 unspecified atom stereocenters. The maximum absolute atomic E-state index is 12.9. The van der Waals surface area contributed by atoms with Crippen LogP contribution in [0, 0.1) is 5.92 Å². The molecule has 1 saturated heterocycles. The Kier molecular flexibility index (Phi) is 5.51. The van der Waals surface area contributed by atoms with Crippen molar-refractivity contribution in [1.29, 1.82) is 0 Å². The average Bonchev–Trinajstić information content (AvgIpc) is 3.30. The first-order valence-electron chi connectivity index (χ1n) is 9.36. The summed E-state index contributed by atoms with van der Waals surface area (Å²) in [5, 5.41) is 2.94. The van der Waals surface area contributed by atoms with E-state index >= 15 is 0 Å². The first kappa shape index (κ1) is 18.7. The number of oxazole rings is 1. The van der Waals surface area contributed by atoms with E-state index in [1.807, 2.05) is 12.1 Å². The number of carbonyl (C=O) groups is 2. The van der Waals surface area contributed by atoms with Crippen molar-refractivity contribution < 1.29 is 18.7 Å². The number of likely N-dealkylation sites (tertiary alicyclic amines) is 1. The summed E-state index contributed by atoms with van der Waals surface area (Å²) in [4.78, 5) is 34.8. The summed E-state index contributed by atoms with van der Waals surface area (Å²) in [5.74, 6) is 0.570. The predicted molar refractivity (Wildman–Crippen MR) is 105 cm³/mol. The molecule has 0 aliphatic carbocycles. The number of carbonyl (C=O) groups excluding carboxylic acids is 2. The minimum atomic E-state index is -0.318. The summed E-state index contributed by atoms with van der Waals surface area (Å²) in [6.07, 6.45) is 7.32. The number of nitrogens with zero attached hydrogens (tertiary/aromatic N) is 3. The standard InChI is InChI=1S/C21H20N4O4/c26-20(15-5-4-10-25(13-15)21(27)19-12-23-14-28-19)24-17-7-1-2-8-18(17)29-16-6-3-9-22-11-16/h1-3,6-9,11-12,14-15H,4-5,10,13H2,(H,24,26). The predicted octanol–water partition coefficient (Wildman–Crippen LogP) is 3.35. The quantitative estimate of drug-likeness (QED) is 0.715. The molecular formula is C21H20N4O4. The van der Waals surface area contributed by atoms with Crippen molar-refractivity contribution in [3.05, 3.63) is 67.1 Å². The first-order valence-corrected chi connectivity index (χ1v) is 9.36. The number of hydrogen-bond donors (Lipinski definition) is 1. The summed E-state index contributed by atoms with van der Waals surface area (Å²) in [6.45, 7) is 0.918. The molecule has 8 heteroatoms. The molecule has 1 N–H and O–H groups in total. The van der Waals surface area contributed by atoms with E-state index in [1.54, 1.807) is 41.6 Å². The highest BCUT2D eigenvalue weighted by molar-refractivity contribution is 5.95. The van der Waals surface area contributed by atoms with Crippen molar-refractivity contribution in [3.8, 4) is 11.5 Å². The van der Waals surface area contributed by atoms with Crippen LogP contribution in [0.1, 0.15) is 23.4 Å². The fourth-order valence-corrected chi connectivity index (χ4v) is 3.28. The molecule has 0 radical (unpaired) electrons. The number of hydrogen-bond acceptors (Lipinski definition) is 6. The van der Waals surface area contributed by atoms with E-state index in [-0.39, 0.29) is 23.5 Å². The Morgan fingerprint density at radius 2 is 2.03 bits per heavy atom. The van der Waals surface area contributed by atoms with E-state index in [2.05, 4.69) is 15.3 Å². The third kappa shape index (κ3) is 4.43. The Morgan fingerprint density at radius 1 is 1.14 bits per heavy atom. The molecule has 1 aliphatic rings. The largest absolute Gasteiger partial charge is 0.454 e. The number of nitrogens with one attached hydrogen (secondary N) is 1. The van der Waals surface area contributed by atoms with Gasteiger partial charge in [0.05, 0.1) is 24.0 Å². The molecule has 3 aromatic rings. The van der Waals surface area contributed by atoms with E-state index in [0.717, 1.165) is 6.42 Å². The highest BCUT2D eigenvalue weighted by Crippen LogP contribution is 2.30. The highest BCUT2D eigenvalue weighted by Gasteiger charge is 2.30. The number of piperidine rings is 1. The molecule has 0 spiro atoms. The second kappa shape index (κ2) is 8.55. The Hall–Kier alpha value is -3.68. The number of aromatic nitrogens is 2. The minimum absolute atomic E-state index is 0.151. The molecule has 0 saturated carbocycles. The topological polar surface area (TPSA) is 97.6 Å². The lowest BCUT2D eigenvalue weighted by Crippen LogP contribution is -2.43. The van der Waals surface area contributed by atoms with Crippen LogP contribution in [-0.4, -0.2) is 39.8 Å². The lowest BCUT2D eigenvalue weighted by atomic mass is 9.96. The van der Waals surface area contributed by atoms with Gasteiger partial charge in [-0.2, -0.15) is 0 Å². The zero-order valence-electron chi connectivity index (χ0n) is 15.7. The van der Waals surface area contributed by atoms with Crippen LogP contribution in [0.4, 0.5) is 5.69 Å². The normalized spacial score (nSPS) is 16.3. The highest BCUT2D eigenvalue weighted by atomic mass is 16.5. The number of pyridine rings is 1. The maximum atomic E-state index is 12.9. The summed E-state index contributed by atoms with van der Waals surface area (Å²) in [7, 11) is 0. The molecule has 2 amide bonds. The third-order valence-electron chi connectivity index (χ3n) is 4.73. The monoisotopic (exact) mass is 392 g/mol. The Labute approximate surface area is 167 Å². The zero-order chi connectivity index (χ0) is 20.1. The SMILES string of the molecule is O=C(Nc1ccccc1Oc1cccnc1)C1CCCN(C(=O)c2cnco2)C1. The van der Waals surface area contributed by atoms with E-state index in [1.165, 1.54) is 12.6 Å². The van der Waals surface area contributed by atoms with Crippen LogP contribution >= 0.6 is 0 Å². The molecule has 29 heavy (non-hydrogen) atoms. The van der Waals surface area contributed by atoms with Gasteiger partial charge in [-0.05, 0) is 37.1 Å². The molecule has 1 aromatic carbocycles. The molecule has 8 nitrogen and oxygen atoms in total. The van der Waals surface area contributed by atoms with E-state index in [4.69, 9.17) is 9.15 Å². The van der Waals surface area contributed by atoms with Crippen LogP contribution < -0.4 is 10.1 Å². The van der Waals surface area contributed by atoms with Crippen molar-refractivity contribution in [3.63, 3.8) is 0 Å². The molecule has 1 atom stereocenters. The lowest BCUT2D eigenvalue weighted by molar-refractivity contribution is -0.121. The minimum Gasteiger partial charge on any atom is -0.454 e. The Balaban J connectivity index is 1.43. The molecule has 1 fully saturated rings. The van der Waals surface area contributed by atoms with Gasteiger partial charge in [-0.25, -0.2) is 4.98 Å². The number of amides is 2. The number of para-hydroxylation sites is 2. The van der Waals surface area contributed by atoms with Gasteiger partial charge < -0.3 is 19.4 Å². The molecule has 3 heterocycles. The summed E-state index contributed by atoms with van der Waals surface area (Å²) in [5.41, 5.74) is 0.569. The smallest absolute Gasteiger partial charge is 0.291 e. The van der Waals surface area contributed by atoms with E-state index in [9.17, 15) is 9.59 Å². The second-order valence-corrected chi connectivity index (χ2v) is 6.73. The second-order valence-electron chi connectivity index (χ2n) is 6.73. The summed E-state index contributed by atoms with van der Waals surface area (Å²) >= 11 is 0. The Bertz CT molecular complexity index is 975. The summed E-state index contributed by atoms with van der Waals surface area (Å²) in [6, 6.07) is 10.8. The number of rotatable bonds is 5. The fourth-order valence-electron chi connectivity index (χ4n) is 3.28. The third-order valence-corrected chi connectivity index (χ3v) is 4.73. The molecule has 2 aromatic heterocycles. The van der Waals surface area contributed by atoms with Crippen LogP contribution in [-0.2, 0) is 4.79 Å². The van der Waals surface area contributed by atoms with Crippen LogP contribution in [0.15, 0.2) is 65.8 Å². The summed E-state index contributed by atoms with van der Waals surface area (Å²) < 4.78 is 10.9. The maximum Gasteiger partial charge on any atom is 0.291 e. The molecule has 0 bridgehead atoms.